The molecule has 9 heteroatoms. The predicted molar refractivity (Wildman–Crippen MR) is 227 cm³/mol. The van der Waals surface area contributed by atoms with E-state index >= 15 is 0 Å². The lowest BCUT2D eigenvalue weighted by atomic mass is 9.93. The molecule has 7 aromatic rings. The average Bonchev–Trinajstić information content (AvgIpc) is 3.99. The van der Waals surface area contributed by atoms with Gasteiger partial charge < -0.3 is 29.2 Å². The molecule has 0 saturated carbocycles. The zero-order valence-electron chi connectivity index (χ0n) is 32.0. The summed E-state index contributed by atoms with van der Waals surface area (Å²) in [6.07, 6.45) is 6.18. The van der Waals surface area contributed by atoms with Crippen LogP contribution < -0.4 is 14.4 Å². The van der Waals surface area contributed by atoms with Crippen LogP contribution in [0, 0.1) is 0 Å². The Morgan fingerprint density at radius 1 is 0.684 bits per heavy atom. The highest BCUT2D eigenvalue weighted by molar-refractivity contribution is 7.13. The zero-order chi connectivity index (χ0) is 39.5. The molecule has 0 unspecified atom stereocenters. The first kappa shape index (κ1) is 37.6. The van der Waals surface area contributed by atoms with E-state index in [-0.39, 0.29) is 5.56 Å². The van der Waals surface area contributed by atoms with Crippen LogP contribution in [0.5, 0.6) is 11.5 Å². The first-order chi connectivity index (χ1) is 27.8. The smallest absolute Gasteiger partial charge is 0.345 e. The summed E-state index contributed by atoms with van der Waals surface area (Å²) < 4.78 is 13.6. The number of methoxy groups -OCH3 is 2. The summed E-state index contributed by atoms with van der Waals surface area (Å²) in [4.78, 5) is 27.9. The number of aromatic nitrogens is 1. The number of ether oxygens (including phenoxy) is 2. The summed E-state index contributed by atoms with van der Waals surface area (Å²) in [6.45, 7) is 2.23. The van der Waals surface area contributed by atoms with Gasteiger partial charge in [0.05, 0.1) is 25.3 Å². The number of carbonyl (C=O) groups is 2. The molecule has 0 spiro atoms. The summed E-state index contributed by atoms with van der Waals surface area (Å²) >= 11 is 1.34. The number of hydrogen-bond acceptors (Lipinski definition) is 6. The molecule has 0 saturated heterocycles. The van der Waals surface area contributed by atoms with Crippen molar-refractivity contribution in [2.75, 3.05) is 25.7 Å². The summed E-state index contributed by atoms with van der Waals surface area (Å²) in [5, 5.41) is 20.9. The van der Waals surface area contributed by atoms with E-state index < -0.39 is 11.9 Å². The highest BCUT2D eigenvalue weighted by Gasteiger charge is 2.24. The maximum atomic E-state index is 12.6. The molecule has 57 heavy (non-hydrogen) atoms. The fraction of sp³-hybridized carbons (Fsp3) is 0.208. The maximum absolute atomic E-state index is 12.6. The van der Waals surface area contributed by atoms with Gasteiger partial charge in [-0.15, -0.1) is 11.3 Å². The van der Waals surface area contributed by atoms with Crippen LogP contribution in [0.25, 0.3) is 22.0 Å². The van der Waals surface area contributed by atoms with Crippen molar-refractivity contribution in [1.82, 2.24) is 4.57 Å². The number of aryl methyl sites for hydroxylation is 4. The minimum Gasteiger partial charge on any atom is -0.497 e. The van der Waals surface area contributed by atoms with E-state index in [0.29, 0.717) is 22.7 Å². The molecule has 0 aliphatic carbocycles. The van der Waals surface area contributed by atoms with Crippen molar-refractivity contribution < 1.29 is 29.3 Å². The lowest BCUT2D eigenvalue weighted by Crippen LogP contribution is -2.21. The van der Waals surface area contributed by atoms with Gasteiger partial charge in [-0.2, -0.15) is 0 Å². The Hall–Kier alpha value is -6.32. The van der Waals surface area contributed by atoms with Gasteiger partial charge in [0.25, 0.3) is 0 Å². The number of aromatic carboxylic acids is 2. The van der Waals surface area contributed by atoms with Crippen LogP contribution in [0.4, 0.5) is 5.69 Å². The molecular formula is C48H44N2O6S. The van der Waals surface area contributed by atoms with E-state index in [4.69, 9.17) is 9.47 Å². The number of para-hydroxylation sites is 2. The minimum atomic E-state index is -0.972. The average molecular weight is 777 g/mol. The summed E-state index contributed by atoms with van der Waals surface area (Å²) in [5.41, 5.74) is 11.2. The fourth-order valence-corrected chi connectivity index (χ4v) is 9.05. The van der Waals surface area contributed by atoms with Crippen LogP contribution in [0.2, 0.25) is 0 Å². The van der Waals surface area contributed by atoms with Gasteiger partial charge in [0.2, 0.25) is 0 Å². The van der Waals surface area contributed by atoms with E-state index in [2.05, 4.69) is 76.3 Å². The highest BCUT2D eigenvalue weighted by Crippen LogP contribution is 2.37. The number of carboxylic acids is 2. The van der Waals surface area contributed by atoms with Crippen molar-refractivity contribution in [2.24, 2.45) is 0 Å². The van der Waals surface area contributed by atoms with E-state index in [1.165, 1.54) is 44.6 Å². The summed E-state index contributed by atoms with van der Waals surface area (Å²) in [7, 11) is 3.33. The molecule has 2 aromatic heterocycles. The molecule has 8 rings (SSSR count). The van der Waals surface area contributed by atoms with Gasteiger partial charge in [0.1, 0.15) is 16.4 Å². The second-order valence-electron chi connectivity index (χ2n) is 14.6. The molecule has 3 heterocycles. The SMILES string of the molecule is COc1cccc(Cn2ccc3cccc(CCc4ccc(C(=O)O)c(-c5cc(CN6CCc7cccc(CCc8ccc(C(=O)O)s8)c76)cc(OC)c5)c4)c32)c1. The number of hydrogen-bond donors (Lipinski definition) is 2. The molecule has 8 nitrogen and oxygen atoms in total. The van der Waals surface area contributed by atoms with Crippen molar-refractivity contribution >= 4 is 39.9 Å². The van der Waals surface area contributed by atoms with Gasteiger partial charge in [-0.25, -0.2) is 9.59 Å². The van der Waals surface area contributed by atoms with Gasteiger partial charge in [0, 0.05) is 36.4 Å². The van der Waals surface area contributed by atoms with Crippen molar-refractivity contribution in [3.05, 3.63) is 170 Å². The number of benzene rings is 5. The molecule has 0 amide bonds. The van der Waals surface area contributed by atoms with Crippen molar-refractivity contribution in [3.8, 4) is 22.6 Å². The number of anilines is 1. The molecule has 2 N–H and O–H groups in total. The molecule has 0 radical (unpaired) electrons. The first-order valence-electron chi connectivity index (χ1n) is 19.2. The summed E-state index contributed by atoms with van der Waals surface area (Å²) in [5.74, 6) is -0.351. The monoisotopic (exact) mass is 776 g/mol. The number of rotatable bonds is 15. The van der Waals surface area contributed by atoms with E-state index in [0.717, 1.165) is 78.1 Å². The van der Waals surface area contributed by atoms with Crippen molar-refractivity contribution in [3.63, 3.8) is 0 Å². The second-order valence-corrected chi connectivity index (χ2v) is 15.7. The van der Waals surface area contributed by atoms with E-state index in [1.54, 1.807) is 26.4 Å². The third-order valence-corrected chi connectivity index (χ3v) is 12.1. The van der Waals surface area contributed by atoms with Gasteiger partial charge in [0.15, 0.2) is 0 Å². The quantitative estimate of drug-likeness (QED) is 0.107. The Balaban J connectivity index is 1.05. The molecule has 0 fully saturated rings. The van der Waals surface area contributed by atoms with Gasteiger partial charge in [-0.1, -0.05) is 60.7 Å². The Labute approximate surface area is 336 Å². The Morgan fingerprint density at radius 2 is 1.47 bits per heavy atom. The van der Waals surface area contributed by atoms with E-state index in [9.17, 15) is 19.8 Å². The standard InChI is InChI=1S/C48H44N2O6S/c1-55-39-11-3-6-32(25-39)29-49-22-20-36-9-4-7-34(45(36)49)14-12-31-13-18-42(47(51)52)43(27-31)38-24-33(26-40(28-38)56-2)30-50-23-21-37-10-5-8-35(46(37)50)15-16-41-17-19-44(57-41)48(53)54/h3-11,13,17-20,22,24-28H,12,14-16,21,23,29-30H2,1-2H3,(H,51,52)(H,53,54). The fourth-order valence-electron chi connectivity index (χ4n) is 8.20. The highest BCUT2D eigenvalue weighted by atomic mass is 32.1. The van der Waals surface area contributed by atoms with Crippen molar-refractivity contribution in [1.29, 1.82) is 0 Å². The van der Waals surface area contributed by atoms with Crippen molar-refractivity contribution in [2.45, 2.75) is 45.2 Å². The van der Waals surface area contributed by atoms with Crippen LogP contribution >= 0.6 is 11.3 Å². The van der Waals surface area contributed by atoms with Crippen LogP contribution in [0.3, 0.4) is 0 Å². The van der Waals surface area contributed by atoms with Gasteiger partial charge >= 0.3 is 11.9 Å². The van der Waals surface area contributed by atoms with Crippen LogP contribution in [0.1, 0.15) is 58.3 Å². The normalized spacial score (nSPS) is 12.2. The lowest BCUT2D eigenvalue weighted by molar-refractivity contribution is 0.0689. The number of thiophene rings is 1. The third kappa shape index (κ3) is 8.16. The molecule has 1 aliphatic heterocycles. The number of carboxylic acid groups (broad SMARTS) is 2. The maximum Gasteiger partial charge on any atom is 0.345 e. The van der Waals surface area contributed by atoms with E-state index in [1.807, 2.05) is 42.5 Å². The van der Waals surface area contributed by atoms with Crippen LogP contribution in [0.15, 0.2) is 121 Å². The van der Waals surface area contributed by atoms with Crippen LogP contribution in [-0.4, -0.2) is 47.5 Å². The van der Waals surface area contributed by atoms with Gasteiger partial charge in [-0.05, 0) is 137 Å². The molecule has 0 atom stereocenters. The molecule has 288 valence electrons. The molecule has 5 aromatic carbocycles. The Kier molecular flexibility index (Phi) is 10.8. The predicted octanol–water partition coefficient (Wildman–Crippen LogP) is 9.96. The lowest BCUT2D eigenvalue weighted by Gasteiger charge is -2.23. The third-order valence-electron chi connectivity index (χ3n) is 10.9. The second kappa shape index (κ2) is 16.4. The first-order valence-corrected chi connectivity index (χ1v) is 20.0. The molecular weight excluding hydrogens is 733 g/mol. The summed E-state index contributed by atoms with van der Waals surface area (Å²) in [6, 6.07) is 38.6. The largest absolute Gasteiger partial charge is 0.497 e. The van der Waals surface area contributed by atoms with Gasteiger partial charge in [-0.3, -0.25) is 0 Å². The Bertz CT molecular complexity index is 2600. The van der Waals surface area contributed by atoms with Crippen LogP contribution in [-0.2, 0) is 45.2 Å². The topological polar surface area (TPSA) is 101 Å². The Morgan fingerprint density at radius 3 is 2.28 bits per heavy atom. The number of fused-ring (bicyclic) bond motifs is 2. The molecule has 1 aliphatic rings. The molecule has 0 bridgehead atoms. The zero-order valence-corrected chi connectivity index (χ0v) is 32.9. The minimum absolute atomic E-state index is 0.251. The number of nitrogens with zero attached hydrogens (tertiary/aromatic N) is 2.